The summed E-state index contributed by atoms with van der Waals surface area (Å²) in [5, 5.41) is 11.9. The molecule has 36 heavy (non-hydrogen) atoms. The Balaban J connectivity index is 1.73. The highest BCUT2D eigenvalue weighted by Crippen LogP contribution is 2.34. The van der Waals surface area contributed by atoms with Crippen molar-refractivity contribution < 1.29 is 23.9 Å². The van der Waals surface area contributed by atoms with Crippen molar-refractivity contribution in [2.45, 2.75) is 31.7 Å². The lowest BCUT2D eigenvalue weighted by Gasteiger charge is -2.15. The molecule has 2 amide bonds. The fourth-order valence-corrected chi connectivity index (χ4v) is 5.34. The highest BCUT2D eigenvalue weighted by molar-refractivity contribution is 9.10. The third-order valence-electron chi connectivity index (χ3n) is 4.89. The zero-order valence-electron chi connectivity index (χ0n) is 19.7. The van der Waals surface area contributed by atoms with E-state index in [1.807, 2.05) is 35.8 Å². The zero-order chi connectivity index (χ0) is 26.4. The van der Waals surface area contributed by atoms with Crippen LogP contribution in [0.1, 0.15) is 44.4 Å². The van der Waals surface area contributed by atoms with Gasteiger partial charge < -0.3 is 20.5 Å². The average Bonchev–Trinajstić information content (AvgIpc) is 3.39. The summed E-state index contributed by atoms with van der Waals surface area (Å²) in [4.78, 5) is 36.8. The first-order chi connectivity index (χ1) is 17.2. The Hall–Kier alpha value is -3.16. The van der Waals surface area contributed by atoms with Gasteiger partial charge in [0.2, 0.25) is 5.91 Å². The number of nitrogens with zero attached hydrogens (tertiary/aromatic N) is 3. The Morgan fingerprint density at radius 3 is 2.61 bits per heavy atom. The van der Waals surface area contributed by atoms with Gasteiger partial charge in [-0.05, 0) is 43.7 Å². The highest BCUT2D eigenvalue weighted by Gasteiger charge is 2.26. The number of anilines is 1. The fourth-order valence-electron chi connectivity index (χ4n) is 3.26. The van der Waals surface area contributed by atoms with E-state index in [-0.39, 0.29) is 21.2 Å². The molecular formula is C23H24BrN5O5S2. The standard InChI is InChI=1S/C23H24BrN5O5S2/c1-5-10-29-20(13(3)34-15-8-6-14(24)7-9-15)27-28-23(29)35-11-16(30)26-21-17(22(32)33-4)12(2)18(36-21)19(25)31/h5-9,13H,1,10-11H2,2-4H3,(H2,25,31)(H,26,30). The predicted octanol–water partition coefficient (Wildman–Crippen LogP) is 4.35. The predicted molar refractivity (Wildman–Crippen MR) is 142 cm³/mol. The molecule has 2 heterocycles. The molecule has 190 valence electrons. The molecule has 0 saturated heterocycles. The number of benzene rings is 1. The van der Waals surface area contributed by atoms with Crippen molar-refractivity contribution in [1.82, 2.24) is 14.8 Å². The summed E-state index contributed by atoms with van der Waals surface area (Å²) in [5.74, 6) is -0.544. The van der Waals surface area contributed by atoms with Crippen LogP contribution in [-0.4, -0.2) is 45.4 Å². The first-order valence-electron chi connectivity index (χ1n) is 10.6. The van der Waals surface area contributed by atoms with E-state index in [2.05, 4.69) is 38.0 Å². The molecule has 1 atom stereocenters. The molecule has 0 fully saturated rings. The molecule has 0 bridgehead atoms. The van der Waals surface area contributed by atoms with Crippen LogP contribution in [0.4, 0.5) is 5.00 Å². The molecule has 0 spiro atoms. The van der Waals surface area contributed by atoms with Crippen LogP contribution in [0.15, 0.2) is 46.5 Å². The number of carbonyl (C=O) groups excluding carboxylic acids is 3. The van der Waals surface area contributed by atoms with Gasteiger partial charge in [0.15, 0.2) is 17.1 Å². The Labute approximate surface area is 224 Å². The molecule has 1 aromatic carbocycles. The number of rotatable bonds is 11. The third-order valence-corrected chi connectivity index (χ3v) is 7.61. The summed E-state index contributed by atoms with van der Waals surface area (Å²) in [6.45, 7) is 7.64. The van der Waals surface area contributed by atoms with E-state index in [9.17, 15) is 14.4 Å². The van der Waals surface area contributed by atoms with Gasteiger partial charge in [-0.1, -0.05) is 33.8 Å². The van der Waals surface area contributed by atoms with Crippen molar-refractivity contribution in [3.8, 4) is 5.75 Å². The second kappa shape index (κ2) is 12.2. The van der Waals surface area contributed by atoms with Gasteiger partial charge in [0.05, 0.1) is 23.3 Å². The molecule has 2 aromatic heterocycles. The average molecular weight is 595 g/mol. The number of nitrogens with two attached hydrogens (primary N) is 1. The summed E-state index contributed by atoms with van der Waals surface area (Å²) < 4.78 is 13.5. The van der Waals surface area contributed by atoms with Gasteiger partial charge in [0.1, 0.15) is 10.8 Å². The van der Waals surface area contributed by atoms with Gasteiger partial charge in [-0.2, -0.15) is 0 Å². The number of thioether (sulfide) groups is 1. The van der Waals surface area contributed by atoms with Crippen LogP contribution < -0.4 is 15.8 Å². The fraction of sp³-hybridized carbons (Fsp3) is 0.261. The maximum atomic E-state index is 12.7. The second-order valence-electron chi connectivity index (χ2n) is 7.41. The Morgan fingerprint density at radius 1 is 1.31 bits per heavy atom. The number of halogens is 1. The van der Waals surface area contributed by atoms with Crippen LogP contribution in [0, 0.1) is 6.92 Å². The van der Waals surface area contributed by atoms with Gasteiger partial charge in [0, 0.05) is 11.0 Å². The molecule has 0 aliphatic rings. The van der Waals surface area contributed by atoms with Gasteiger partial charge in [0.25, 0.3) is 5.91 Å². The van der Waals surface area contributed by atoms with Crippen LogP contribution >= 0.6 is 39.0 Å². The number of hydrogen-bond acceptors (Lipinski definition) is 9. The molecule has 1 unspecified atom stereocenters. The number of ether oxygens (including phenoxy) is 2. The van der Waals surface area contributed by atoms with Crippen LogP contribution in [0.25, 0.3) is 0 Å². The second-order valence-corrected chi connectivity index (χ2v) is 10.3. The molecule has 13 heteroatoms. The number of esters is 1. The Kier molecular flexibility index (Phi) is 9.29. The van der Waals surface area contributed by atoms with E-state index in [0.29, 0.717) is 28.8 Å². The maximum Gasteiger partial charge on any atom is 0.341 e. The van der Waals surface area contributed by atoms with E-state index in [0.717, 1.165) is 27.6 Å². The Morgan fingerprint density at radius 2 is 2.00 bits per heavy atom. The number of nitrogens with one attached hydrogen (secondary N) is 1. The van der Waals surface area contributed by atoms with Crippen LogP contribution in [0.2, 0.25) is 0 Å². The number of primary amides is 1. The normalized spacial score (nSPS) is 11.6. The first-order valence-corrected chi connectivity index (χ1v) is 13.2. The highest BCUT2D eigenvalue weighted by atomic mass is 79.9. The molecule has 10 nitrogen and oxygen atoms in total. The topological polar surface area (TPSA) is 138 Å². The first kappa shape index (κ1) is 27.4. The number of aromatic nitrogens is 3. The van der Waals surface area contributed by atoms with Crippen molar-refractivity contribution in [3.63, 3.8) is 0 Å². The molecule has 3 N–H and O–H groups in total. The monoisotopic (exact) mass is 593 g/mol. The molecule has 0 aliphatic carbocycles. The number of allylic oxidation sites excluding steroid dienone is 1. The van der Waals surface area contributed by atoms with Crippen molar-refractivity contribution in [2.75, 3.05) is 18.2 Å². The SMILES string of the molecule is C=CCn1c(SCC(=O)Nc2sc(C(N)=O)c(C)c2C(=O)OC)nnc1C(C)Oc1ccc(Br)cc1. The van der Waals surface area contributed by atoms with Crippen molar-refractivity contribution in [3.05, 3.63) is 63.2 Å². The molecule has 3 aromatic rings. The molecule has 0 aliphatic heterocycles. The summed E-state index contributed by atoms with van der Waals surface area (Å²) in [7, 11) is 1.22. The van der Waals surface area contributed by atoms with Crippen LogP contribution in [0.5, 0.6) is 5.75 Å². The van der Waals surface area contributed by atoms with Crippen molar-refractivity contribution in [2.24, 2.45) is 5.73 Å². The largest absolute Gasteiger partial charge is 0.483 e. The van der Waals surface area contributed by atoms with E-state index in [4.69, 9.17) is 15.2 Å². The summed E-state index contributed by atoms with van der Waals surface area (Å²) in [6.07, 6.45) is 1.29. The van der Waals surface area contributed by atoms with E-state index in [1.165, 1.54) is 7.11 Å². The van der Waals surface area contributed by atoms with Crippen molar-refractivity contribution >= 4 is 61.8 Å². The van der Waals surface area contributed by atoms with E-state index < -0.39 is 23.9 Å². The summed E-state index contributed by atoms with van der Waals surface area (Å²) in [5.41, 5.74) is 5.86. The lowest BCUT2D eigenvalue weighted by Crippen LogP contribution is -2.17. The van der Waals surface area contributed by atoms with E-state index in [1.54, 1.807) is 13.0 Å². The smallest absolute Gasteiger partial charge is 0.341 e. The van der Waals surface area contributed by atoms with Crippen molar-refractivity contribution in [1.29, 1.82) is 0 Å². The van der Waals surface area contributed by atoms with Crippen LogP contribution in [0.3, 0.4) is 0 Å². The third kappa shape index (κ3) is 6.33. The minimum atomic E-state index is -0.693. The van der Waals surface area contributed by atoms with Gasteiger partial charge in [-0.25, -0.2) is 4.79 Å². The number of thiophene rings is 1. The summed E-state index contributed by atoms with van der Waals surface area (Å²) in [6, 6.07) is 7.44. The summed E-state index contributed by atoms with van der Waals surface area (Å²) >= 11 is 5.49. The maximum absolute atomic E-state index is 12.7. The lowest BCUT2D eigenvalue weighted by molar-refractivity contribution is -0.113. The number of carbonyl (C=O) groups is 3. The molecule has 0 saturated carbocycles. The van der Waals surface area contributed by atoms with Gasteiger partial charge >= 0.3 is 5.97 Å². The number of amides is 2. The molecular weight excluding hydrogens is 570 g/mol. The minimum Gasteiger partial charge on any atom is -0.483 e. The van der Waals surface area contributed by atoms with E-state index >= 15 is 0 Å². The zero-order valence-corrected chi connectivity index (χ0v) is 23.0. The quantitative estimate of drug-likeness (QED) is 0.190. The molecule has 3 rings (SSSR count). The minimum absolute atomic E-state index is 0.0271. The number of methoxy groups -OCH3 is 1. The molecule has 0 radical (unpaired) electrons. The van der Waals surface area contributed by atoms with Gasteiger partial charge in [-0.3, -0.25) is 14.2 Å². The van der Waals surface area contributed by atoms with Gasteiger partial charge in [-0.15, -0.1) is 28.1 Å². The number of hydrogen-bond donors (Lipinski definition) is 2. The lowest BCUT2D eigenvalue weighted by atomic mass is 10.1. The Bertz CT molecular complexity index is 1290. The van der Waals surface area contributed by atoms with Crippen LogP contribution in [-0.2, 0) is 16.1 Å².